The normalized spacial score (nSPS) is 10.4. The van der Waals surface area contributed by atoms with Crippen LogP contribution in [0.5, 0.6) is 0 Å². The van der Waals surface area contributed by atoms with E-state index in [2.05, 4.69) is 26.0 Å². The number of nitrogens with zero attached hydrogens (tertiary/aromatic N) is 1. The number of nitrogens with two attached hydrogens (primary N) is 1. The molecule has 0 saturated heterocycles. The summed E-state index contributed by atoms with van der Waals surface area (Å²) in [5.41, 5.74) is 10.6. The number of anilines is 3. The number of aryl methyl sites for hydroxylation is 2. The first kappa shape index (κ1) is 12.4. The summed E-state index contributed by atoms with van der Waals surface area (Å²) in [6.07, 6.45) is 0. The molecule has 2 N–H and O–H groups in total. The van der Waals surface area contributed by atoms with E-state index in [1.807, 2.05) is 18.0 Å². The molecular weight excluding hydrogens is 227 g/mol. The van der Waals surface area contributed by atoms with Crippen LogP contribution in [-0.4, -0.2) is 7.05 Å². The molecule has 0 aromatic heterocycles. The molecule has 18 heavy (non-hydrogen) atoms. The fourth-order valence-electron chi connectivity index (χ4n) is 1.90. The van der Waals surface area contributed by atoms with Crippen molar-refractivity contribution in [2.45, 2.75) is 13.8 Å². The first-order valence-electron chi connectivity index (χ1n) is 5.85. The van der Waals surface area contributed by atoms with Crippen molar-refractivity contribution < 1.29 is 4.39 Å². The molecule has 2 rings (SSSR count). The standard InChI is InChI=1S/C15H17FN2/c1-10-4-6-13(8-11(10)2)18(3)15-7-5-12(16)9-14(15)17/h4-9H,17H2,1-3H3. The Kier molecular flexibility index (Phi) is 3.24. The van der Waals surface area contributed by atoms with Gasteiger partial charge in [0.1, 0.15) is 5.82 Å². The van der Waals surface area contributed by atoms with Gasteiger partial charge in [0.05, 0.1) is 11.4 Å². The molecule has 0 aliphatic heterocycles. The number of nitrogen functional groups attached to an aromatic ring is 1. The van der Waals surface area contributed by atoms with E-state index in [-0.39, 0.29) is 5.82 Å². The Morgan fingerprint density at radius 2 is 1.72 bits per heavy atom. The van der Waals surface area contributed by atoms with Gasteiger partial charge in [-0.3, -0.25) is 0 Å². The lowest BCUT2D eigenvalue weighted by molar-refractivity contribution is 0.628. The third-order valence-electron chi connectivity index (χ3n) is 3.23. The van der Waals surface area contributed by atoms with Crippen LogP contribution in [0.4, 0.5) is 21.5 Å². The van der Waals surface area contributed by atoms with Gasteiger partial charge in [-0.15, -0.1) is 0 Å². The van der Waals surface area contributed by atoms with Crippen LogP contribution in [0.3, 0.4) is 0 Å². The van der Waals surface area contributed by atoms with E-state index in [1.165, 1.54) is 23.3 Å². The van der Waals surface area contributed by atoms with Gasteiger partial charge in [0, 0.05) is 12.7 Å². The molecular formula is C15H17FN2. The molecule has 0 aliphatic carbocycles. The first-order valence-corrected chi connectivity index (χ1v) is 5.85. The van der Waals surface area contributed by atoms with Gasteiger partial charge < -0.3 is 10.6 Å². The summed E-state index contributed by atoms with van der Waals surface area (Å²) in [5, 5.41) is 0. The molecule has 3 heteroatoms. The van der Waals surface area contributed by atoms with Crippen molar-refractivity contribution in [2.24, 2.45) is 0 Å². The highest BCUT2D eigenvalue weighted by atomic mass is 19.1. The third kappa shape index (κ3) is 2.30. The summed E-state index contributed by atoms with van der Waals surface area (Å²) >= 11 is 0. The number of halogens is 1. The van der Waals surface area contributed by atoms with Crippen LogP contribution in [0.15, 0.2) is 36.4 Å². The Labute approximate surface area is 107 Å². The van der Waals surface area contributed by atoms with E-state index in [4.69, 9.17) is 5.73 Å². The Morgan fingerprint density at radius 1 is 1.00 bits per heavy atom. The number of rotatable bonds is 2. The maximum Gasteiger partial charge on any atom is 0.125 e. The maximum absolute atomic E-state index is 13.0. The Balaban J connectivity index is 2.41. The second kappa shape index (κ2) is 4.69. The summed E-state index contributed by atoms with van der Waals surface area (Å²) in [7, 11) is 1.92. The van der Waals surface area contributed by atoms with Gasteiger partial charge in [0.15, 0.2) is 0 Å². The molecule has 0 radical (unpaired) electrons. The summed E-state index contributed by atoms with van der Waals surface area (Å²) < 4.78 is 13.0. The van der Waals surface area contributed by atoms with Crippen LogP contribution in [0.2, 0.25) is 0 Å². The van der Waals surface area contributed by atoms with E-state index < -0.39 is 0 Å². The van der Waals surface area contributed by atoms with E-state index in [0.29, 0.717) is 5.69 Å². The van der Waals surface area contributed by atoms with Gasteiger partial charge in [-0.25, -0.2) is 4.39 Å². The van der Waals surface area contributed by atoms with Gasteiger partial charge in [-0.1, -0.05) is 6.07 Å². The predicted molar refractivity (Wildman–Crippen MR) is 74.8 cm³/mol. The third-order valence-corrected chi connectivity index (χ3v) is 3.23. The van der Waals surface area contributed by atoms with Crippen molar-refractivity contribution in [3.8, 4) is 0 Å². The molecule has 94 valence electrons. The maximum atomic E-state index is 13.0. The second-order valence-corrected chi connectivity index (χ2v) is 4.53. The van der Waals surface area contributed by atoms with Crippen LogP contribution >= 0.6 is 0 Å². The highest BCUT2D eigenvalue weighted by Crippen LogP contribution is 2.30. The van der Waals surface area contributed by atoms with Crippen LogP contribution in [-0.2, 0) is 0 Å². The molecule has 0 amide bonds. The molecule has 0 saturated carbocycles. The second-order valence-electron chi connectivity index (χ2n) is 4.53. The lowest BCUT2D eigenvalue weighted by atomic mass is 10.1. The molecule has 2 aromatic rings. The van der Waals surface area contributed by atoms with Gasteiger partial charge in [-0.2, -0.15) is 0 Å². The Hall–Kier alpha value is -2.03. The van der Waals surface area contributed by atoms with Gasteiger partial charge in [-0.05, 0) is 55.3 Å². The molecule has 0 unspecified atom stereocenters. The van der Waals surface area contributed by atoms with Crippen molar-refractivity contribution >= 4 is 17.1 Å². The van der Waals surface area contributed by atoms with Crippen molar-refractivity contribution in [1.29, 1.82) is 0 Å². The average molecular weight is 244 g/mol. The smallest absolute Gasteiger partial charge is 0.125 e. The number of benzene rings is 2. The van der Waals surface area contributed by atoms with Gasteiger partial charge >= 0.3 is 0 Å². The van der Waals surface area contributed by atoms with Crippen LogP contribution in [0.1, 0.15) is 11.1 Å². The van der Waals surface area contributed by atoms with Crippen molar-refractivity contribution in [1.82, 2.24) is 0 Å². The first-order chi connectivity index (χ1) is 8.49. The minimum atomic E-state index is -0.315. The zero-order valence-electron chi connectivity index (χ0n) is 10.9. The average Bonchev–Trinajstić information content (AvgIpc) is 2.32. The van der Waals surface area contributed by atoms with E-state index in [9.17, 15) is 4.39 Å². The van der Waals surface area contributed by atoms with Gasteiger partial charge in [0.2, 0.25) is 0 Å². The fourth-order valence-corrected chi connectivity index (χ4v) is 1.90. The minimum Gasteiger partial charge on any atom is -0.397 e. The largest absolute Gasteiger partial charge is 0.397 e. The van der Waals surface area contributed by atoms with Crippen LogP contribution < -0.4 is 10.6 Å². The molecule has 2 aromatic carbocycles. The molecule has 0 spiro atoms. The SMILES string of the molecule is Cc1ccc(N(C)c2ccc(F)cc2N)cc1C. The Bertz CT molecular complexity index is 579. The summed E-state index contributed by atoms with van der Waals surface area (Å²) in [6, 6.07) is 10.7. The topological polar surface area (TPSA) is 29.3 Å². The zero-order valence-corrected chi connectivity index (χ0v) is 10.9. The summed E-state index contributed by atoms with van der Waals surface area (Å²) in [5.74, 6) is -0.315. The van der Waals surface area contributed by atoms with Crippen LogP contribution in [0.25, 0.3) is 0 Å². The van der Waals surface area contributed by atoms with Crippen molar-refractivity contribution in [3.05, 3.63) is 53.3 Å². The van der Waals surface area contributed by atoms with Crippen LogP contribution in [0, 0.1) is 19.7 Å². The monoisotopic (exact) mass is 244 g/mol. The summed E-state index contributed by atoms with van der Waals surface area (Å²) in [6.45, 7) is 4.14. The van der Waals surface area contributed by atoms with Crippen molar-refractivity contribution in [3.63, 3.8) is 0 Å². The minimum absolute atomic E-state index is 0.315. The lowest BCUT2D eigenvalue weighted by Gasteiger charge is -2.22. The molecule has 2 nitrogen and oxygen atoms in total. The van der Waals surface area contributed by atoms with Crippen molar-refractivity contribution in [2.75, 3.05) is 17.7 Å². The molecule has 0 atom stereocenters. The molecule has 0 fully saturated rings. The van der Waals surface area contributed by atoms with E-state index >= 15 is 0 Å². The molecule has 0 heterocycles. The fraction of sp³-hybridized carbons (Fsp3) is 0.200. The molecule has 0 bridgehead atoms. The number of hydrogen-bond donors (Lipinski definition) is 1. The number of hydrogen-bond acceptors (Lipinski definition) is 2. The highest BCUT2D eigenvalue weighted by Gasteiger charge is 2.09. The molecule has 0 aliphatic rings. The zero-order chi connectivity index (χ0) is 13.3. The predicted octanol–water partition coefficient (Wildman–Crippen LogP) is 3.79. The Morgan fingerprint density at radius 3 is 2.33 bits per heavy atom. The highest BCUT2D eigenvalue weighted by molar-refractivity contribution is 5.74. The van der Waals surface area contributed by atoms with E-state index in [0.717, 1.165) is 11.4 Å². The lowest BCUT2D eigenvalue weighted by Crippen LogP contribution is -2.12. The quantitative estimate of drug-likeness (QED) is 0.814. The van der Waals surface area contributed by atoms with E-state index in [1.54, 1.807) is 6.07 Å². The van der Waals surface area contributed by atoms with Gasteiger partial charge in [0.25, 0.3) is 0 Å². The summed E-state index contributed by atoms with van der Waals surface area (Å²) in [4.78, 5) is 1.96.